The van der Waals surface area contributed by atoms with Crippen LogP contribution in [0.25, 0.3) is 38.9 Å². The lowest BCUT2D eigenvalue weighted by molar-refractivity contribution is 0.171. The summed E-state index contributed by atoms with van der Waals surface area (Å²) in [6, 6.07) is 23.2. The normalized spacial score (nSPS) is 13.0. The molecule has 3 aromatic carbocycles. The maximum absolute atomic E-state index is 13.8. The highest BCUT2D eigenvalue weighted by molar-refractivity contribution is 6.05. The molecule has 0 N–H and O–H groups in total. The fraction of sp³-hybridized carbons (Fsp3) is 0.111. The number of rotatable bonds is 3. The Morgan fingerprint density at radius 1 is 0.800 bits per heavy atom. The minimum atomic E-state index is -0.162. The number of hydrogen-bond donors (Lipinski definition) is 0. The molecule has 0 aliphatic carbocycles. The Labute approximate surface area is 199 Å². The van der Waals surface area contributed by atoms with Gasteiger partial charge < -0.3 is 9.47 Å². The highest BCUT2D eigenvalue weighted by Gasteiger charge is 2.22. The van der Waals surface area contributed by atoms with E-state index in [2.05, 4.69) is 0 Å². The van der Waals surface area contributed by atoms with E-state index in [4.69, 9.17) is 24.4 Å². The summed E-state index contributed by atoms with van der Waals surface area (Å²) in [4.78, 5) is 28.2. The van der Waals surface area contributed by atoms with Crippen molar-refractivity contribution in [3.05, 3.63) is 95.0 Å². The van der Waals surface area contributed by atoms with E-state index < -0.39 is 0 Å². The number of benzene rings is 3. The van der Waals surface area contributed by atoms with Crippen molar-refractivity contribution < 1.29 is 9.47 Å². The Balaban J connectivity index is 1.53. The molecule has 0 unspecified atom stereocenters. The van der Waals surface area contributed by atoms with Crippen LogP contribution in [0.4, 0.5) is 0 Å². The molecule has 0 fully saturated rings. The molecule has 170 valence electrons. The lowest BCUT2D eigenvalue weighted by Crippen LogP contribution is -2.21. The zero-order valence-corrected chi connectivity index (χ0v) is 18.6. The maximum atomic E-state index is 13.8. The van der Waals surface area contributed by atoms with E-state index in [0.29, 0.717) is 53.5 Å². The van der Waals surface area contributed by atoms with Crippen LogP contribution in [-0.4, -0.2) is 37.3 Å². The second kappa shape index (κ2) is 7.66. The molecule has 0 bridgehead atoms. The summed E-state index contributed by atoms with van der Waals surface area (Å²) in [6.07, 6.45) is 1.59. The van der Waals surface area contributed by atoms with Crippen LogP contribution in [0.3, 0.4) is 0 Å². The molecule has 4 heterocycles. The van der Waals surface area contributed by atoms with Crippen LogP contribution >= 0.6 is 0 Å². The standard InChI is InChI=1S/C27H19N5O3/c33-27-23-24-26(30-20-9-5-4-8-19(20)29-24)32(18-10-11-21-22(14-18)35-13-12-34-21)25(23)28-16-31(27)15-17-6-2-1-3-7-17/h1-11,14,16H,12-13,15H2. The highest BCUT2D eigenvalue weighted by atomic mass is 16.6. The van der Waals surface area contributed by atoms with E-state index in [1.54, 1.807) is 10.9 Å². The number of hydrogen-bond acceptors (Lipinski definition) is 6. The molecule has 35 heavy (non-hydrogen) atoms. The predicted octanol–water partition coefficient (Wildman–Crippen LogP) is 4.10. The van der Waals surface area contributed by atoms with Crippen molar-refractivity contribution in [3.8, 4) is 17.2 Å². The molecule has 0 spiro atoms. The van der Waals surface area contributed by atoms with Crippen molar-refractivity contribution in [2.45, 2.75) is 6.54 Å². The third kappa shape index (κ3) is 3.14. The Hall–Kier alpha value is -4.72. The Morgan fingerprint density at radius 3 is 2.37 bits per heavy atom. The van der Waals surface area contributed by atoms with Gasteiger partial charge in [0.05, 0.1) is 23.3 Å². The van der Waals surface area contributed by atoms with Gasteiger partial charge in [0.2, 0.25) is 0 Å². The number of nitrogens with zero attached hydrogens (tertiary/aromatic N) is 5. The molecule has 7 rings (SSSR count). The van der Waals surface area contributed by atoms with Gasteiger partial charge in [-0.15, -0.1) is 0 Å². The van der Waals surface area contributed by atoms with E-state index in [9.17, 15) is 4.79 Å². The average molecular weight is 461 g/mol. The van der Waals surface area contributed by atoms with Crippen LogP contribution < -0.4 is 15.0 Å². The van der Waals surface area contributed by atoms with Crippen LogP contribution in [0.2, 0.25) is 0 Å². The molecular formula is C27H19N5O3. The first-order chi connectivity index (χ1) is 17.3. The van der Waals surface area contributed by atoms with Gasteiger partial charge in [0.25, 0.3) is 5.56 Å². The van der Waals surface area contributed by atoms with Crippen LogP contribution in [0.5, 0.6) is 11.5 Å². The van der Waals surface area contributed by atoms with Crippen LogP contribution in [-0.2, 0) is 6.54 Å². The Morgan fingerprint density at radius 2 is 1.54 bits per heavy atom. The molecule has 6 aromatic rings. The van der Waals surface area contributed by atoms with E-state index in [1.165, 1.54) is 0 Å². The lowest BCUT2D eigenvalue weighted by atomic mass is 10.2. The minimum absolute atomic E-state index is 0.162. The Bertz CT molecular complexity index is 1810. The van der Waals surface area contributed by atoms with Gasteiger partial charge >= 0.3 is 0 Å². The van der Waals surface area contributed by atoms with Gasteiger partial charge in [0, 0.05) is 6.07 Å². The van der Waals surface area contributed by atoms with E-state index in [1.807, 2.05) is 77.4 Å². The predicted molar refractivity (Wildman–Crippen MR) is 132 cm³/mol. The van der Waals surface area contributed by atoms with E-state index >= 15 is 0 Å². The second-order valence-corrected chi connectivity index (χ2v) is 8.41. The zero-order valence-electron chi connectivity index (χ0n) is 18.6. The molecule has 1 aliphatic heterocycles. The number of ether oxygens (including phenoxy) is 2. The average Bonchev–Trinajstić information content (AvgIpc) is 3.23. The van der Waals surface area contributed by atoms with Crippen molar-refractivity contribution in [2.24, 2.45) is 0 Å². The summed E-state index contributed by atoms with van der Waals surface area (Å²) in [5, 5.41) is 0.437. The summed E-state index contributed by atoms with van der Waals surface area (Å²) in [6.45, 7) is 1.42. The van der Waals surface area contributed by atoms with Crippen molar-refractivity contribution in [1.82, 2.24) is 24.1 Å². The summed E-state index contributed by atoms with van der Waals surface area (Å²) in [7, 11) is 0. The zero-order chi connectivity index (χ0) is 23.4. The van der Waals surface area contributed by atoms with Crippen molar-refractivity contribution in [1.29, 1.82) is 0 Å². The molecule has 0 amide bonds. The molecule has 8 heteroatoms. The van der Waals surface area contributed by atoms with Gasteiger partial charge in [0.15, 0.2) is 22.8 Å². The smallest absolute Gasteiger partial charge is 0.265 e. The summed E-state index contributed by atoms with van der Waals surface area (Å²) >= 11 is 0. The maximum Gasteiger partial charge on any atom is 0.265 e. The lowest BCUT2D eigenvalue weighted by Gasteiger charge is -2.19. The quantitative estimate of drug-likeness (QED) is 0.395. The number of para-hydroxylation sites is 2. The first-order valence-electron chi connectivity index (χ1n) is 11.4. The third-order valence-electron chi connectivity index (χ3n) is 6.21. The second-order valence-electron chi connectivity index (χ2n) is 8.41. The highest BCUT2D eigenvalue weighted by Crippen LogP contribution is 2.35. The summed E-state index contributed by atoms with van der Waals surface area (Å²) < 4.78 is 15.0. The molecule has 0 saturated carbocycles. The number of aromatic nitrogens is 5. The third-order valence-corrected chi connectivity index (χ3v) is 6.21. The van der Waals surface area contributed by atoms with Gasteiger partial charge in [-0.3, -0.25) is 13.9 Å². The van der Waals surface area contributed by atoms with Crippen LogP contribution in [0.15, 0.2) is 83.9 Å². The van der Waals surface area contributed by atoms with Crippen molar-refractivity contribution in [3.63, 3.8) is 0 Å². The van der Waals surface area contributed by atoms with Crippen molar-refractivity contribution >= 4 is 33.2 Å². The molecule has 0 saturated heterocycles. The fourth-order valence-electron chi connectivity index (χ4n) is 4.58. The SMILES string of the molecule is O=c1c2c3nc4ccccc4nc3n(-c3ccc4c(c3)OCCO4)c2ncn1Cc1ccccc1. The first kappa shape index (κ1) is 19.7. The van der Waals surface area contributed by atoms with Gasteiger partial charge in [-0.25, -0.2) is 15.0 Å². The topological polar surface area (TPSA) is 84.1 Å². The van der Waals surface area contributed by atoms with Gasteiger partial charge in [-0.1, -0.05) is 42.5 Å². The van der Waals surface area contributed by atoms with Gasteiger partial charge in [-0.05, 0) is 29.8 Å². The molecular weight excluding hydrogens is 442 g/mol. The summed E-state index contributed by atoms with van der Waals surface area (Å²) in [5.74, 6) is 1.34. The fourth-order valence-corrected chi connectivity index (χ4v) is 4.58. The minimum Gasteiger partial charge on any atom is -0.486 e. The van der Waals surface area contributed by atoms with E-state index in [0.717, 1.165) is 22.3 Å². The van der Waals surface area contributed by atoms with Gasteiger partial charge in [0.1, 0.15) is 30.4 Å². The molecule has 1 aliphatic rings. The Kier molecular flexibility index (Phi) is 4.32. The number of fused-ring (bicyclic) bond motifs is 5. The van der Waals surface area contributed by atoms with E-state index in [-0.39, 0.29) is 5.56 Å². The van der Waals surface area contributed by atoms with Crippen LogP contribution in [0.1, 0.15) is 5.56 Å². The summed E-state index contributed by atoms with van der Waals surface area (Å²) in [5.41, 5.74) is 4.68. The monoisotopic (exact) mass is 461 g/mol. The first-order valence-corrected chi connectivity index (χ1v) is 11.4. The van der Waals surface area contributed by atoms with Crippen molar-refractivity contribution in [2.75, 3.05) is 13.2 Å². The molecule has 3 aromatic heterocycles. The molecule has 0 atom stereocenters. The largest absolute Gasteiger partial charge is 0.486 e. The molecule has 0 radical (unpaired) electrons. The van der Waals surface area contributed by atoms with Gasteiger partial charge in [-0.2, -0.15) is 0 Å². The molecule has 8 nitrogen and oxygen atoms in total. The van der Waals surface area contributed by atoms with Crippen LogP contribution in [0, 0.1) is 0 Å².